The summed E-state index contributed by atoms with van der Waals surface area (Å²) in [6.07, 6.45) is 2.30. The Bertz CT molecular complexity index is 404. The van der Waals surface area contributed by atoms with Gasteiger partial charge in [0.1, 0.15) is 5.25 Å². The number of aliphatic carboxylic acids is 1. The van der Waals surface area contributed by atoms with Crippen molar-refractivity contribution in [1.29, 1.82) is 0 Å². The zero-order valence-corrected chi connectivity index (χ0v) is 12.5. The first-order chi connectivity index (χ1) is 8.73. The molecule has 2 atom stereocenters. The van der Waals surface area contributed by atoms with Crippen LogP contribution in [0.25, 0.3) is 0 Å². The lowest BCUT2D eigenvalue weighted by atomic mass is 10.2. The van der Waals surface area contributed by atoms with Crippen LogP contribution in [0.15, 0.2) is 0 Å². The third kappa shape index (κ3) is 6.04. The maximum absolute atomic E-state index is 12.0. The molecule has 2 unspecified atom stereocenters. The van der Waals surface area contributed by atoms with Gasteiger partial charge in [-0.05, 0) is 20.3 Å². The minimum atomic E-state index is -3.77. The van der Waals surface area contributed by atoms with Gasteiger partial charge in [-0.2, -0.15) is 0 Å². The number of hydrogen-bond acceptors (Lipinski definition) is 4. The fraction of sp³-hybridized carbons (Fsp3) is 0.833. The van der Waals surface area contributed by atoms with Crippen LogP contribution in [0.2, 0.25) is 0 Å². The first-order valence-electron chi connectivity index (χ1n) is 6.45. The molecule has 0 aliphatic heterocycles. The van der Waals surface area contributed by atoms with E-state index in [1.54, 1.807) is 0 Å². The summed E-state index contributed by atoms with van der Waals surface area (Å²) in [6.45, 7) is 5.08. The molecule has 0 saturated carbocycles. The van der Waals surface area contributed by atoms with Crippen LogP contribution in [0, 0.1) is 0 Å². The summed E-state index contributed by atoms with van der Waals surface area (Å²) in [7, 11) is -3.77. The maximum Gasteiger partial charge on any atom is 0.304 e. The molecule has 0 fully saturated rings. The zero-order chi connectivity index (χ0) is 15.1. The first-order valence-corrected chi connectivity index (χ1v) is 8.06. The van der Waals surface area contributed by atoms with E-state index in [0.29, 0.717) is 6.54 Å². The molecule has 6 nitrogen and oxygen atoms in total. The van der Waals surface area contributed by atoms with Crippen molar-refractivity contribution in [3.63, 3.8) is 0 Å². The molecule has 0 aliphatic rings. The molecule has 2 N–H and O–H groups in total. The molecule has 0 aromatic rings. The van der Waals surface area contributed by atoms with Crippen molar-refractivity contribution >= 4 is 21.7 Å². The Morgan fingerprint density at radius 2 is 1.79 bits per heavy atom. The summed E-state index contributed by atoms with van der Waals surface area (Å²) < 4.78 is 23.9. The third-order valence-corrected chi connectivity index (χ3v) is 5.45. The molecule has 0 rings (SSSR count). The predicted octanol–water partition coefficient (Wildman–Crippen LogP) is 0.959. The summed E-state index contributed by atoms with van der Waals surface area (Å²) >= 11 is 0. The molecule has 1 amide bonds. The molecule has 112 valence electrons. The van der Waals surface area contributed by atoms with Gasteiger partial charge in [-0.1, -0.05) is 19.8 Å². The number of carbonyl (C=O) groups excluding carboxylic acids is 1. The molecule has 0 aromatic carbocycles. The molecule has 0 heterocycles. The van der Waals surface area contributed by atoms with Gasteiger partial charge in [-0.25, -0.2) is 8.42 Å². The largest absolute Gasteiger partial charge is 0.481 e. The van der Waals surface area contributed by atoms with E-state index in [4.69, 9.17) is 5.11 Å². The van der Waals surface area contributed by atoms with Gasteiger partial charge < -0.3 is 10.4 Å². The highest BCUT2D eigenvalue weighted by atomic mass is 32.2. The topological polar surface area (TPSA) is 101 Å². The Hall–Kier alpha value is -1.11. The number of hydrogen-bond donors (Lipinski definition) is 2. The number of unbranched alkanes of at least 4 members (excludes halogenated alkanes) is 2. The number of amides is 1. The van der Waals surface area contributed by atoms with Crippen molar-refractivity contribution < 1.29 is 23.1 Å². The first kappa shape index (κ1) is 17.9. The van der Waals surface area contributed by atoms with E-state index in [-0.39, 0.29) is 0 Å². The van der Waals surface area contributed by atoms with Crippen molar-refractivity contribution in [1.82, 2.24) is 5.32 Å². The summed E-state index contributed by atoms with van der Waals surface area (Å²) in [5.74, 6) is -1.75. The molecule has 0 aromatic heterocycles. The van der Waals surface area contributed by atoms with Gasteiger partial charge in [0.05, 0.1) is 11.7 Å². The monoisotopic (exact) mass is 293 g/mol. The normalized spacial score (nSPS) is 14.7. The van der Waals surface area contributed by atoms with Crippen LogP contribution >= 0.6 is 0 Å². The second-order valence-electron chi connectivity index (χ2n) is 4.64. The summed E-state index contributed by atoms with van der Waals surface area (Å²) in [6, 6.07) is 0. The number of carboxylic acid groups (broad SMARTS) is 1. The van der Waals surface area contributed by atoms with Gasteiger partial charge in [0.15, 0.2) is 9.84 Å². The van der Waals surface area contributed by atoms with E-state index in [0.717, 1.165) is 19.3 Å². The van der Waals surface area contributed by atoms with E-state index in [2.05, 4.69) is 5.32 Å². The van der Waals surface area contributed by atoms with Gasteiger partial charge in [0, 0.05) is 6.54 Å². The lowest BCUT2D eigenvalue weighted by Gasteiger charge is -2.17. The highest BCUT2D eigenvalue weighted by molar-refractivity contribution is 7.93. The predicted molar refractivity (Wildman–Crippen MR) is 72.6 cm³/mol. The molecule has 0 spiro atoms. The highest BCUT2D eigenvalue weighted by Crippen LogP contribution is 2.13. The molecular formula is C12H23NO5S. The Labute approximate surface area is 114 Å². The van der Waals surface area contributed by atoms with Crippen LogP contribution in [0.5, 0.6) is 0 Å². The van der Waals surface area contributed by atoms with Gasteiger partial charge in [-0.15, -0.1) is 0 Å². The van der Waals surface area contributed by atoms with E-state index in [1.165, 1.54) is 13.8 Å². The molecule has 0 bridgehead atoms. The Kier molecular flexibility index (Phi) is 7.66. The summed E-state index contributed by atoms with van der Waals surface area (Å²) in [5.41, 5.74) is 0. The van der Waals surface area contributed by atoms with Crippen molar-refractivity contribution in [2.24, 2.45) is 0 Å². The molecular weight excluding hydrogens is 270 g/mol. The minimum Gasteiger partial charge on any atom is -0.481 e. The second kappa shape index (κ2) is 8.14. The Morgan fingerprint density at radius 3 is 2.26 bits per heavy atom. The second-order valence-corrected chi connectivity index (χ2v) is 7.33. The van der Waals surface area contributed by atoms with Crippen LogP contribution in [0.3, 0.4) is 0 Å². The smallest absolute Gasteiger partial charge is 0.304 e. The van der Waals surface area contributed by atoms with Crippen LogP contribution in [-0.4, -0.2) is 42.4 Å². The van der Waals surface area contributed by atoms with Gasteiger partial charge in [0.2, 0.25) is 5.91 Å². The van der Waals surface area contributed by atoms with E-state index in [9.17, 15) is 18.0 Å². The van der Waals surface area contributed by atoms with E-state index >= 15 is 0 Å². The minimum absolute atomic E-state index is 0.444. The fourth-order valence-corrected chi connectivity index (χ4v) is 3.04. The lowest BCUT2D eigenvalue weighted by molar-refractivity contribution is -0.137. The van der Waals surface area contributed by atoms with Crippen LogP contribution in [0.1, 0.15) is 46.5 Å². The number of nitrogens with one attached hydrogen (secondary N) is 1. The average Bonchev–Trinajstić information content (AvgIpc) is 2.32. The standard InChI is InChI=1S/C12H23NO5S/c1-4-5-6-7-13-12(16)10(3)19(17,18)9(2)8-11(14)15/h9-10H,4-8H2,1-3H3,(H,13,16)(H,14,15). The molecule has 19 heavy (non-hydrogen) atoms. The van der Waals surface area contributed by atoms with Crippen molar-refractivity contribution in [3.05, 3.63) is 0 Å². The Morgan fingerprint density at radius 1 is 1.21 bits per heavy atom. The van der Waals surface area contributed by atoms with Crippen molar-refractivity contribution in [2.45, 2.75) is 57.0 Å². The number of carboxylic acids is 1. The van der Waals surface area contributed by atoms with Crippen LogP contribution < -0.4 is 5.32 Å². The average molecular weight is 293 g/mol. The van der Waals surface area contributed by atoms with Gasteiger partial charge >= 0.3 is 5.97 Å². The van der Waals surface area contributed by atoms with Gasteiger partial charge in [-0.3, -0.25) is 9.59 Å². The lowest BCUT2D eigenvalue weighted by Crippen LogP contribution is -2.42. The molecule has 0 saturated heterocycles. The SMILES string of the molecule is CCCCCNC(=O)C(C)S(=O)(=O)C(C)CC(=O)O. The molecule has 0 aliphatic carbocycles. The third-order valence-electron chi connectivity index (χ3n) is 2.96. The van der Waals surface area contributed by atoms with E-state index in [1.807, 2.05) is 6.92 Å². The molecule has 7 heteroatoms. The fourth-order valence-electron chi connectivity index (χ4n) is 1.59. The number of rotatable bonds is 9. The highest BCUT2D eigenvalue weighted by Gasteiger charge is 2.33. The summed E-state index contributed by atoms with van der Waals surface area (Å²) in [4.78, 5) is 22.2. The van der Waals surface area contributed by atoms with Crippen LogP contribution in [-0.2, 0) is 19.4 Å². The number of carbonyl (C=O) groups is 2. The van der Waals surface area contributed by atoms with Crippen molar-refractivity contribution in [3.8, 4) is 0 Å². The molecule has 0 radical (unpaired) electrons. The maximum atomic E-state index is 12.0. The van der Waals surface area contributed by atoms with Crippen molar-refractivity contribution in [2.75, 3.05) is 6.54 Å². The summed E-state index contributed by atoms with van der Waals surface area (Å²) in [5, 5.41) is 8.88. The van der Waals surface area contributed by atoms with Crippen LogP contribution in [0.4, 0.5) is 0 Å². The Balaban J connectivity index is 4.48. The zero-order valence-electron chi connectivity index (χ0n) is 11.7. The number of sulfone groups is 1. The van der Waals surface area contributed by atoms with E-state index < -0.39 is 38.6 Å². The quantitative estimate of drug-likeness (QED) is 0.617. The van der Waals surface area contributed by atoms with Gasteiger partial charge in [0.25, 0.3) is 0 Å².